The number of carbonyl (C=O) groups is 12. The quantitative estimate of drug-likeness (QED) is 0.00764. The third-order valence-electron chi connectivity index (χ3n) is 15.4. The average molecular weight is 1670 g/mol. The number of hydrogen-bond acceptors (Lipinski definition) is 25. The summed E-state index contributed by atoms with van der Waals surface area (Å²) < 4.78 is 59.5. The SMILES string of the molecule is C.CC(=O)N[C@@H](CCc1ccccc1)C(=O)N[C@@H](CC(C)C)C(=O)N[C@H](C(=O)N[C@@H](CC(C)C)C(=O)[C@@]1(C)CO1)[C@@H](C)OC(=O)OCOP(=O)([O-])[O-].CC(=O)N[C@@H](CCc1ccccc1)C(=O)N[C@@H](CC(C)C)C(=O)N[C@H](C(=O)N[C@@H](CC(C)C)C(=O)[C@@]1(C)CO1)[C@@H](C)OC(=O)OCOP=O.[H-].[K+].[K][K].[Na+].[Na+].[Na+].[OH-]. The first-order valence-corrected chi connectivity index (χ1v) is 52.0. The summed E-state index contributed by atoms with van der Waals surface area (Å²) in [6.45, 7) is 21.3. The van der Waals surface area contributed by atoms with Gasteiger partial charge in [0.2, 0.25) is 54.1 Å². The molecule has 0 aliphatic carbocycles. The third kappa shape index (κ3) is 48.1. The molecular weight excluding hydrogens is 1560 g/mol. The van der Waals surface area contributed by atoms with Gasteiger partial charge in [0.1, 0.15) is 59.7 Å². The number of hydrogen-bond donors (Lipinski definition) is 8. The number of Topliss-reactive ketones (excluding diaryl/α,β-unsaturated/α-hetero) is 2. The maximum atomic E-state index is 13.8. The predicted octanol–water partition coefficient (Wildman–Crippen LogP) is -9.05. The van der Waals surface area contributed by atoms with Crippen molar-refractivity contribution in [1.82, 2.24) is 42.5 Å². The van der Waals surface area contributed by atoms with Crippen LogP contribution in [-0.2, 0) is 107 Å². The summed E-state index contributed by atoms with van der Waals surface area (Å²) in [5, 5.41) is 21.0. The number of ketones is 2. The van der Waals surface area contributed by atoms with Crippen molar-refractivity contribution in [3.05, 3.63) is 71.8 Å². The van der Waals surface area contributed by atoms with Gasteiger partial charge in [-0.2, -0.15) is 0 Å². The second-order valence-corrected chi connectivity index (χ2v) is 28.1. The number of phosphoric acid groups is 1. The monoisotopic (exact) mass is 1670 g/mol. The molecule has 2 aromatic carbocycles. The van der Waals surface area contributed by atoms with Crippen LogP contribution < -0.4 is 192 Å². The zero-order chi connectivity index (χ0) is 77.2. The van der Waals surface area contributed by atoms with E-state index in [1.165, 1.54) is 90.8 Å². The summed E-state index contributed by atoms with van der Waals surface area (Å²) in [6, 6.07) is 9.07. The first kappa shape index (κ1) is 117. The van der Waals surface area contributed by atoms with Crippen LogP contribution in [0.1, 0.15) is 155 Å². The molecule has 2 saturated heterocycles. The maximum absolute atomic E-state index is 13.8. The van der Waals surface area contributed by atoms with Gasteiger partial charge in [0.25, 0.3) is 0 Å². The fourth-order valence-electron chi connectivity index (χ4n) is 10.1. The van der Waals surface area contributed by atoms with E-state index >= 15 is 0 Å². The molecule has 8 amide bonds. The zero-order valence-electron chi connectivity index (χ0n) is 66.5. The zero-order valence-corrected chi connectivity index (χ0v) is 82.6. The molecule has 2 aromatic rings. The Hall–Kier alpha value is 0.0391. The molecule has 0 bridgehead atoms. The van der Waals surface area contributed by atoms with Crippen LogP contribution in [0.25, 0.3) is 0 Å². The van der Waals surface area contributed by atoms with E-state index in [2.05, 4.69) is 61.1 Å². The molecule has 0 aromatic heterocycles. The molecule has 2 aliphatic heterocycles. The van der Waals surface area contributed by atoms with Crippen molar-refractivity contribution in [3.63, 3.8) is 0 Å². The smallest absolute Gasteiger partial charge is 0.870 e. The Bertz CT molecular complexity index is 3180. The van der Waals surface area contributed by atoms with Crippen molar-refractivity contribution in [2.75, 3.05) is 26.8 Å². The van der Waals surface area contributed by atoms with Crippen molar-refractivity contribution >= 4 is 151 Å². The molecule has 33 nitrogen and oxygen atoms in total. The number of carbonyl (C=O) groups excluding carboxylic acids is 12. The van der Waals surface area contributed by atoms with Gasteiger partial charge in [0.15, 0.2) is 18.4 Å². The summed E-state index contributed by atoms with van der Waals surface area (Å²) >= 11 is 2.50. The molecule has 41 heteroatoms. The third-order valence-corrected chi connectivity index (χ3v) is 16.0. The molecule has 2 heterocycles. The van der Waals surface area contributed by atoms with E-state index in [1.54, 1.807) is 27.7 Å². The van der Waals surface area contributed by atoms with Crippen LogP contribution in [0, 0.1) is 23.7 Å². The van der Waals surface area contributed by atoms with Crippen molar-refractivity contribution < 1.29 is 261 Å². The number of phosphoric ester groups is 1. The van der Waals surface area contributed by atoms with Crippen molar-refractivity contribution in [3.8, 4) is 0 Å². The van der Waals surface area contributed by atoms with Gasteiger partial charge in [0, 0.05) is 13.8 Å². The van der Waals surface area contributed by atoms with Gasteiger partial charge < -0.3 is 96.7 Å². The molecule has 0 saturated carbocycles. The molecule has 2 fully saturated rings. The second-order valence-electron chi connectivity index (χ2n) is 26.5. The number of epoxide rings is 2. The van der Waals surface area contributed by atoms with Gasteiger partial charge in [-0.15, -0.1) is 0 Å². The van der Waals surface area contributed by atoms with E-state index in [1.807, 2.05) is 102 Å². The minimum absolute atomic E-state index is 0. The summed E-state index contributed by atoms with van der Waals surface area (Å²) in [5.41, 5.74) is -0.260. The van der Waals surface area contributed by atoms with Gasteiger partial charge in [0.05, 0.1) is 33.1 Å². The molecular formula is C67H104K3N8Na3O25P2. The molecule has 9 N–H and O–H groups in total. The predicted molar refractivity (Wildman–Crippen MR) is 375 cm³/mol. The minimum Gasteiger partial charge on any atom is -0.870 e. The van der Waals surface area contributed by atoms with Crippen LogP contribution in [0.15, 0.2) is 60.7 Å². The molecule has 2 aliphatic rings. The summed E-state index contributed by atoms with van der Waals surface area (Å²) in [4.78, 5) is 179. The molecule has 12 atom stereocenters. The molecule has 578 valence electrons. The number of ether oxygens (including phenoxy) is 6. The van der Waals surface area contributed by atoms with Crippen LogP contribution in [-0.4, -0.2) is 238 Å². The average Bonchev–Trinajstić information content (AvgIpc) is 1.65. The Kier molecular flexibility index (Phi) is 65.3. The largest absolute Gasteiger partial charge is 1.00 e. The molecule has 4 rings (SSSR count). The number of nitrogens with one attached hydrogen (secondary N) is 8. The van der Waals surface area contributed by atoms with Gasteiger partial charge in [-0.1, -0.05) is 123 Å². The van der Waals surface area contributed by atoms with Gasteiger partial charge in [-0.25, -0.2) is 14.2 Å². The van der Waals surface area contributed by atoms with Crippen LogP contribution in [0.4, 0.5) is 9.59 Å². The summed E-state index contributed by atoms with van der Waals surface area (Å²) in [5.74, 6) is -6.56. The first-order valence-electron chi connectivity index (χ1n) is 33.9. The van der Waals surface area contributed by atoms with E-state index in [9.17, 15) is 76.5 Å². The fraction of sp³-hybridized carbons (Fsp3) is 0.642. The van der Waals surface area contributed by atoms with Gasteiger partial charge in [-0.05, 0) is 114 Å². The van der Waals surface area contributed by atoms with E-state index in [0.717, 1.165) is 11.1 Å². The van der Waals surface area contributed by atoms with Crippen LogP contribution >= 0.6 is 16.5 Å². The Labute approximate surface area is 791 Å². The van der Waals surface area contributed by atoms with E-state index in [-0.39, 0.29) is 236 Å². The number of aryl methyl sites for hydroxylation is 2. The Balaban J connectivity index is -0.000000448. The minimum atomic E-state index is -5.48. The number of amides is 8. The molecule has 0 radical (unpaired) electrons. The normalized spacial score (nSPS) is 17.1. The molecule has 0 unspecified atom stereocenters. The van der Waals surface area contributed by atoms with Crippen molar-refractivity contribution in [1.29, 1.82) is 0 Å². The van der Waals surface area contributed by atoms with Crippen molar-refractivity contribution in [2.45, 2.75) is 227 Å². The van der Waals surface area contributed by atoms with Gasteiger partial charge in [-0.3, -0.25) is 52.5 Å². The van der Waals surface area contributed by atoms with E-state index in [4.69, 9.17) is 18.9 Å². The topological polar surface area (TPSA) is 492 Å². The van der Waals surface area contributed by atoms with Crippen molar-refractivity contribution in [2.24, 2.45) is 23.7 Å². The summed E-state index contributed by atoms with van der Waals surface area (Å²) in [7, 11) is -6.22. The summed E-state index contributed by atoms with van der Waals surface area (Å²) in [6.07, 6.45) is -3.54. The van der Waals surface area contributed by atoms with Crippen LogP contribution in [0.2, 0.25) is 0 Å². The molecule has 108 heavy (non-hydrogen) atoms. The Morgan fingerprint density at radius 3 is 1.06 bits per heavy atom. The van der Waals surface area contributed by atoms with E-state index < -0.39 is 167 Å². The van der Waals surface area contributed by atoms with Gasteiger partial charge >= 0.3 is 224 Å². The Morgan fingerprint density at radius 1 is 0.500 bits per heavy atom. The van der Waals surface area contributed by atoms with Crippen LogP contribution in [0.5, 0.6) is 0 Å². The maximum Gasteiger partial charge on any atom is 1.00 e. The fourth-order valence-corrected chi connectivity index (χ4v) is 10.4. The molecule has 0 spiro atoms. The van der Waals surface area contributed by atoms with Crippen LogP contribution in [0.3, 0.4) is 0 Å². The van der Waals surface area contributed by atoms with E-state index in [0.29, 0.717) is 12.8 Å². The number of rotatable bonds is 42. The Morgan fingerprint density at radius 2 is 0.787 bits per heavy atom. The standard InChI is InChI=1S/C33H51N4O13P.C33H49N4O11P.CH4.3K.3Na.H2O.H/c1-19(2)15-25(28(39)33(7)17-48-33)35-31(42)27(21(5)50-32(43)47-18-49-51(44,45)46)37-30(41)26(16-20(3)4)36-29(40)24(34-22(6)38)14-13-23-11-9-8-10-12-23;1-19(2)15-25(28(39)33(7)17-46-33)35-31(42)27(21(5)48-32(43)45-18-47-49-44)37-30(41)26(16-20(3)4)36-29(40)24(34-22(6)38)14-13-23-11-9-8-10-12-23;;;;;;;;;/h8-12,19-21,24-27H,13-18H2,1-7H3,(H,34,38)(H,35,42)(H,36,40)(H,37,41)(H2,44,45,46);8-12,19-21,24-27H,13-18H2,1-7H3,(H,34,38)(H,35,42)(H,36,40)(H,37,41);1H4;;;;;;;1H2;/q;;;;;4*+1;;-1/p-3/t2*21-,24+,25+,26+,27+,33-;;;;;;;;;/m11........./s1. The number of benzene rings is 2. The first-order chi connectivity index (χ1) is 47.8. The second kappa shape index (κ2) is 60.5.